The van der Waals surface area contributed by atoms with E-state index in [0.29, 0.717) is 11.5 Å². The molecule has 0 unspecified atom stereocenters. The lowest BCUT2D eigenvalue weighted by molar-refractivity contribution is -0.141. The minimum atomic E-state index is -4.34. The van der Waals surface area contributed by atoms with Gasteiger partial charge in [-0.15, -0.1) is 0 Å². The zero-order valence-corrected chi connectivity index (χ0v) is 15.4. The first-order chi connectivity index (χ1) is 13.7. The number of benzene rings is 1. The summed E-state index contributed by atoms with van der Waals surface area (Å²) in [4.78, 5) is 18.0. The first-order valence-corrected chi connectivity index (χ1v) is 8.46. The van der Waals surface area contributed by atoms with Crippen LogP contribution in [0, 0.1) is 5.82 Å². The van der Waals surface area contributed by atoms with Crippen LogP contribution in [0.5, 0.6) is 0 Å². The fraction of sp³-hybridized carbons (Fsp3) is 0.294. The number of aromatic nitrogens is 5. The van der Waals surface area contributed by atoms with Crippen molar-refractivity contribution in [2.24, 2.45) is 0 Å². The number of imidazole rings is 1. The highest BCUT2D eigenvalue weighted by molar-refractivity contribution is 5.53. The molecule has 0 aliphatic rings. The van der Waals surface area contributed by atoms with Gasteiger partial charge in [0.25, 0.3) is 0 Å². The van der Waals surface area contributed by atoms with E-state index in [-0.39, 0.29) is 36.6 Å². The monoisotopic (exact) mass is 410 g/mol. The normalized spacial score (nSPS) is 11.8. The Bertz CT molecular complexity index is 955. The van der Waals surface area contributed by atoms with Gasteiger partial charge in [0, 0.05) is 18.1 Å². The van der Waals surface area contributed by atoms with Gasteiger partial charge in [-0.2, -0.15) is 28.1 Å². The lowest BCUT2D eigenvalue weighted by Gasteiger charge is -2.17. The summed E-state index contributed by atoms with van der Waals surface area (Å²) < 4.78 is 52.0. The molecule has 0 amide bonds. The van der Waals surface area contributed by atoms with Crippen molar-refractivity contribution in [3.63, 3.8) is 0 Å². The van der Waals surface area contributed by atoms with Gasteiger partial charge in [0.2, 0.25) is 11.9 Å². The summed E-state index contributed by atoms with van der Waals surface area (Å²) in [5.41, 5.74) is 6.28. The van der Waals surface area contributed by atoms with Crippen LogP contribution in [0.3, 0.4) is 0 Å². The molecule has 3 rings (SSSR count). The van der Waals surface area contributed by atoms with Gasteiger partial charge in [0.05, 0.1) is 13.1 Å². The van der Waals surface area contributed by atoms with Crippen LogP contribution in [0.4, 0.5) is 35.1 Å². The van der Waals surface area contributed by atoms with Crippen LogP contribution < -0.4 is 11.1 Å². The Kier molecular flexibility index (Phi) is 5.92. The Hall–Kier alpha value is -3.28. The van der Waals surface area contributed by atoms with Crippen LogP contribution in [-0.2, 0) is 19.6 Å². The molecule has 0 spiro atoms. The number of nitrogens with two attached hydrogens (primary N) is 1. The van der Waals surface area contributed by atoms with Crippen LogP contribution in [0.1, 0.15) is 11.6 Å². The first kappa shape index (κ1) is 20.5. The predicted molar refractivity (Wildman–Crippen MR) is 97.4 cm³/mol. The van der Waals surface area contributed by atoms with E-state index in [0.717, 1.165) is 4.57 Å². The number of hydrogen-bond acceptors (Lipinski definition) is 7. The Morgan fingerprint density at radius 1 is 1.10 bits per heavy atom. The van der Waals surface area contributed by atoms with Crippen molar-refractivity contribution in [2.45, 2.75) is 25.8 Å². The molecule has 0 aliphatic heterocycles. The summed E-state index contributed by atoms with van der Waals surface area (Å²) in [6.07, 6.45) is -1.74. The maximum absolute atomic E-state index is 13.0. The molecular weight excluding hydrogens is 392 g/mol. The van der Waals surface area contributed by atoms with Crippen molar-refractivity contribution in [2.75, 3.05) is 18.1 Å². The lowest BCUT2D eigenvalue weighted by Crippen LogP contribution is -2.24. The van der Waals surface area contributed by atoms with Gasteiger partial charge in [0.1, 0.15) is 24.0 Å². The van der Waals surface area contributed by atoms with Crippen LogP contribution >= 0.6 is 0 Å². The van der Waals surface area contributed by atoms with Gasteiger partial charge < -0.3 is 15.6 Å². The highest BCUT2D eigenvalue weighted by atomic mass is 19.4. The Morgan fingerprint density at radius 2 is 1.83 bits per heavy atom. The molecule has 0 saturated carbocycles. The molecule has 0 aliphatic carbocycles. The topological polar surface area (TPSA) is 97.8 Å². The zero-order chi connectivity index (χ0) is 21.0. The molecule has 2 aromatic heterocycles. The molecule has 0 atom stereocenters. The molecule has 0 radical (unpaired) electrons. The second kappa shape index (κ2) is 8.39. The molecule has 29 heavy (non-hydrogen) atoms. The number of halogens is 4. The lowest BCUT2D eigenvalue weighted by atomic mass is 10.3. The van der Waals surface area contributed by atoms with Crippen molar-refractivity contribution < 1.29 is 17.6 Å². The number of anilines is 3. The van der Waals surface area contributed by atoms with Crippen LogP contribution in [0.25, 0.3) is 0 Å². The molecular formula is C17H18F4N8. The van der Waals surface area contributed by atoms with Crippen molar-refractivity contribution in [1.82, 2.24) is 29.4 Å². The molecule has 2 heterocycles. The van der Waals surface area contributed by atoms with E-state index in [1.807, 2.05) is 0 Å². The zero-order valence-electron chi connectivity index (χ0n) is 15.4. The minimum absolute atomic E-state index is 0.0217. The van der Waals surface area contributed by atoms with Crippen molar-refractivity contribution in [3.05, 3.63) is 54.1 Å². The molecule has 154 valence electrons. The van der Waals surface area contributed by atoms with Crippen molar-refractivity contribution in [3.8, 4) is 0 Å². The molecule has 1 aromatic carbocycles. The number of rotatable bonds is 7. The molecule has 0 saturated heterocycles. The van der Waals surface area contributed by atoms with E-state index in [9.17, 15) is 17.6 Å². The van der Waals surface area contributed by atoms with Crippen molar-refractivity contribution >= 4 is 17.6 Å². The number of hydrogen-bond donors (Lipinski definition) is 2. The van der Waals surface area contributed by atoms with E-state index in [4.69, 9.17) is 5.73 Å². The Morgan fingerprint density at radius 3 is 2.52 bits per heavy atom. The van der Waals surface area contributed by atoms with E-state index in [1.54, 1.807) is 11.9 Å². The first-order valence-electron chi connectivity index (χ1n) is 8.46. The van der Waals surface area contributed by atoms with Gasteiger partial charge in [-0.05, 0) is 31.3 Å². The minimum Gasteiger partial charge on any atom is -0.368 e. The molecule has 0 bridgehead atoms. The third kappa shape index (κ3) is 6.10. The third-order valence-corrected chi connectivity index (χ3v) is 3.77. The summed E-state index contributed by atoms with van der Waals surface area (Å²) in [6, 6.07) is 5.60. The quantitative estimate of drug-likeness (QED) is 0.578. The number of nitrogens with zero attached hydrogens (tertiary/aromatic N) is 6. The van der Waals surface area contributed by atoms with E-state index >= 15 is 0 Å². The maximum Gasteiger partial charge on any atom is 0.406 e. The number of alkyl halides is 3. The summed E-state index contributed by atoms with van der Waals surface area (Å²) in [5, 5.41) is 2.90. The summed E-state index contributed by atoms with van der Waals surface area (Å²) >= 11 is 0. The molecule has 8 nitrogen and oxygen atoms in total. The van der Waals surface area contributed by atoms with E-state index in [1.165, 1.54) is 36.7 Å². The van der Waals surface area contributed by atoms with Crippen LogP contribution in [0.15, 0.2) is 36.7 Å². The van der Waals surface area contributed by atoms with Gasteiger partial charge in [-0.1, -0.05) is 0 Å². The smallest absolute Gasteiger partial charge is 0.368 e. The largest absolute Gasteiger partial charge is 0.406 e. The summed E-state index contributed by atoms with van der Waals surface area (Å²) in [7, 11) is 1.69. The maximum atomic E-state index is 13.0. The fourth-order valence-electron chi connectivity index (χ4n) is 2.59. The number of nitrogen functional groups attached to an aromatic ring is 1. The van der Waals surface area contributed by atoms with Crippen molar-refractivity contribution in [1.29, 1.82) is 0 Å². The van der Waals surface area contributed by atoms with Gasteiger partial charge in [-0.3, -0.25) is 4.90 Å². The third-order valence-electron chi connectivity index (χ3n) is 3.77. The molecule has 3 N–H and O–H groups in total. The standard InChI is InChI=1S/C17H18F4N8/c1-28(9-14-23-6-7-29(14)10-17(19,20)21)8-13-25-15(22)27-16(26-13)24-12-4-2-11(18)3-5-12/h2-7H,8-10H2,1H3,(H3,22,24,25,26,27). The predicted octanol–water partition coefficient (Wildman–Crippen LogP) is 2.73. The van der Waals surface area contributed by atoms with E-state index < -0.39 is 12.7 Å². The van der Waals surface area contributed by atoms with Crippen LogP contribution in [0.2, 0.25) is 0 Å². The highest BCUT2D eigenvalue weighted by Crippen LogP contribution is 2.19. The molecule has 3 aromatic rings. The average Bonchev–Trinajstić information content (AvgIpc) is 3.01. The van der Waals surface area contributed by atoms with Crippen LogP contribution in [-0.4, -0.2) is 42.6 Å². The second-order valence-corrected chi connectivity index (χ2v) is 6.32. The fourth-order valence-corrected chi connectivity index (χ4v) is 2.59. The summed E-state index contributed by atoms with van der Waals surface area (Å²) in [6.45, 7) is -0.764. The average molecular weight is 410 g/mol. The number of nitrogens with one attached hydrogen (secondary N) is 1. The van der Waals surface area contributed by atoms with Gasteiger partial charge in [-0.25, -0.2) is 9.37 Å². The van der Waals surface area contributed by atoms with Gasteiger partial charge in [0.15, 0.2) is 0 Å². The Balaban J connectivity index is 1.68. The molecule has 0 fully saturated rings. The SMILES string of the molecule is CN(Cc1nc(N)nc(Nc2ccc(F)cc2)n1)Cc1nccn1CC(F)(F)F. The Labute approximate surface area is 163 Å². The summed E-state index contributed by atoms with van der Waals surface area (Å²) in [5.74, 6) is 0.352. The highest BCUT2D eigenvalue weighted by Gasteiger charge is 2.29. The van der Waals surface area contributed by atoms with E-state index in [2.05, 4.69) is 25.3 Å². The second-order valence-electron chi connectivity index (χ2n) is 6.32. The van der Waals surface area contributed by atoms with Gasteiger partial charge >= 0.3 is 6.18 Å². The molecule has 12 heteroatoms.